The van der Waals surface area contributed by atoms with E-state index in [1.54, 1.807) is 22.8 Å². The first-order valence-electron chi connectivity index (χ1n) is 5.15. The van der Waals surface area contributed by atoms with E-state index >= 15 is 0 Å². The minimum Gasteiger partial charge on any atom is -0.478 e. The number of hydrogen-bond donors (Lipinski definition) is 1. The maximum Gasteiger partial charge on any atom is 0.336 e. The number of rotatable bonds is 3. The highest BCUT2D eigenvalue weighted by Crippen LogP contribution is 2.35. The Morgan fingerprint density at radius 1 is 1.11 bits per heavy atom. The van der Waals surface area contributed by atoms with Crippen LogP contribution in [0.2, 0.25) is 5.02 Å². The Morgan fingerprint density at radius 3 is 2.53 bits per heavy atom. The first-order chi connectivity index (χ1) is 9.13. The van der Waals surface area contributed by atoms with Crippen molar-refractivity contribution >= 4 is 51.6 Å². The summed E-state index contributed by atoms with van der Waals surface area (Å²) in [6, 6.07) is 3.53. The monoisotopic (exact) mass is 327 g/mol. The molecule has 0 amide bonds. The zero-order chi connectivity index (χ0) is 13.4. The number of halogens is 1. The second-order valence-corrected chi connectivity index (χ2v) is 6.79. The van der Waals surface area contributed by atoms with E-state index in [9.17, 15) is 4.79 Å². The van der Waals surface area contributed by atoms with Gasteiger partial charge in [0.1, 0.15) is 5.01 Å². The van der Waals surface area contributed by atoms with Crippen molar-refractivity contribution in [3.8, 4) is 20.5 Å². The van der Waals surface area contributed by atoms with Crippen molar-refractivity contribution in [1.82, 2.24) is 4.98 Å². The summed E-state index contributed by atoms with van der Waals surface area (Å²) in [6.07, 6.45) is 0. The quantitative estimate of drug-likeness (QED) is 0.740. The van der Waals surface area contributed by atoms with Gasteiger partial charge in [0, 0.05) is 16.1 Å². The Labute approximate surface area is 125 Å². The van der Waals surface area contributed by atoms with Crippen molar-refractivity contribution in [3.05, 3.63) is 38.9 Å². The van der Waals surface area contributed by atoms with Crippen LogP contribution >= 0.6 is 45.6 Å². The van der Waals surface area contributed by atoms with Crippen molar-refractivity contribution < 1.29 is 9.90 Å². The highest BCUT2D eigenvalue weighted by atomic mass is 35.5. The minimum atomic E-state index is -0.914. The molecule has 0 bridgehead atoms. The van der Waals surface area contributed by atoms with Crippen LogP contribution in [0.25, 0.3) is 20.5 Å². The predicted molar refractivity (Wildman–Crippen MR) is 80.7 cm³/mol. The van der Waals surface area contributed by atoms with Crippen LogP contribution in [-0.2, 0) is 0 Å². The molecule has 3 nitrogen and oxygen atoms in total. The number of carboxylic acids is 1. The molecule has 0 radical (unpaired) electrons. The van der Waals surface area contributed by atoms with Crippen LogP contribution in [0.15, 0.2) is 28.3 Å². The summed E-state index contributed by atoms with van der Waals surface area (Å²) < 4.78 is 0. The molecular formula is C12H6ClNO2S3. The van der Waals surface area contributed by atoms with E-state index in [-0.39, 0.29) is 0 Å². The van der Waals surface area contributed by atoms with Crippen LogP contribution < -0.4 is 0 Å². The number of nitrogens with zero attached hydrogens (tertiary/aromatic N) is 1. The van der Waals surface area contributed by atoms with Gasteiger partial charge in [-0.15, -0.1) is 34.0 Å². The third kappa shape index (κ3) is 2.57. The number of carboxylic acid groups (broad SMARTS) is 1. The van der Waals surface area contributed by atoms with Gasteiger partial charge in [0.2, 0.25) is 0 Å². The minimum absolute atomic E-state index is 0.300. The molecular weight excluding hydrogens is 322 g/mol. The van der Waals surface area contributed by atoms with Crippen molar-refractivity contribution in [2.45, 2.75) is 0 Å². The van der Waals surface area contributed by atoms with Crippen molar-refractivity contribution in [2.24, 2.45) is 0 Å². The van der Waals surface area contributed by atoms with Gasteiger partial charge >= 0.3 is 5.97 Å². The number of aromatic nitrogens is 1. The summed E-state index contributed by atoms with van der Waals surface area (Å²) in [5.74, 6) is -0.914. The molecule has 0 unspecified atom stereocenters. The summed E-state index contributed by atoms with van der Waals surface area (Å²) in [5.41, 5.74) is 1.11. The summed E-state index contributed by atoms with van der Waals surface area (Å²) in [6.45, 7) is 0. The van der Waals surface area contributed by atoms with E-state index in [1.807, 2.05) is 16.8 Å². The molecule has 3 heterocycles. The Hall–Kier alpha value is -1.21. The molecule has 0 spiro atoms. The van der Waals surface area contributed by atoms with Gasteiger partial charge in [-0.1, -0.05) is 11.6 Å². The van der Waals surface area contributed by atoms with Gasteiger partial charge in [-0.05, 0) is 12.1 Å². The van der Waals surface area contributed by atoms with Gasteiger partial charge < -0.3 is 5.11 Å². The Balaban J connectivity index is 1.94. The number of thiophene rings is 2. The maximum atomic E-state index is 10.9. The molecule has 0 atom stereocenters. The second-order valence-electron chi connectivity index (χ2n) is 3.67. The number of carbonyl (C=O) groups is 1. The molecule has 0 saturated carbocycles. The van der Waals surface area contributed by atoms with Crippen LogP contribution in [0.4, 0.5) is 0 Å². The molecule has 96 valence electrons. The van der Waals surface area contributed by atoms with E-state index in [4.69, 9.17) is 16.7 Å². The first kappa shape index (κ1) is 12.8. The molecule has 0 aliphatic heterocycles. The Kier molecular flexibility index (Phi) is 3.40. The largest absolute Gasteiger partial charge is 0.478 e. The lowest BCUT2D eigenvalue weighted by Crippen LogP contribution is -1.91. The number of thiazole rings is 1. The second kappa shape index (κ2) is 5.05. The smallest absolute Gasteiger partial charge is 0.336 e. The normalized spacial score (nSPS) is 10.8. The summed E-state index contributed by atoms with van der Waals surface area (Å²) in [7, 11) is 0. The third-order valence-corrected chi connectivity index (χ3v) is 5.62. The first-order valence-corrected chi connectivity index (χ1v) is 8.17. The molecule has 3 aromatic rings. The standard InChI is InChI=1S/C12H6ClNO2S3/c13-7-2-10(18-4-7)11-14-8(5-19-11)9-1-6(3-17-9)12(15)16/h1-5H,(H,15,16). The summed E-state index contributed by atoms with van der Waals surface area (Å²) in [5, 5.41) is 15.9. The van der Waals surface area contributed by atoms with E-state index in [1.165, 1.54) is 22.7 Å². The van der Waals surface area contributed by atoms with E-state index in [0.29, 0.717) is 10.6 Å². The van der Waals surface area contributed by atoms with Crippen molar-refractivity contribution in [1.29, 1.82) is 0 Å². The van der Waals surface area contributed by atoms with Gasteiger partial charge in [0.25, 0.3) is 0 Å². The third-order valence-electron chi connectivity index (χ3n) is 2.38. The fourth-order valence-electron chi connectivity index (χ4n) is 1.51. The van der Waals surface area contributed by atoms with Gasteiger partial charge in [-0.2, -0.15) is 0 Å². The lowest BCUT2D eigenvalue weighted by Gasteiger charge is -1.89. The van der Waals surface area contributed by atoms with Crippen LogP contribution in [-0.4, -0.2) is 16.1 Å². The average molecular weight is 328 g/mol. The average Bonchev–Trinajstić information content (AvgIpc) is 3.07. The van der Waals surface area contributed by atoms with Crippen LogP contribution in [0.1, 0.15) is 10.4 Å². The lowest BCUT2D eigenvalue weighted by atomic mass is 10.3. The van der Waals surface area contributed by atoms with Gasteiger partial charge in [0.05, 0.1) is 26.0 Å². The van der Waals surface area contributed by atoms with Crippen LogP contribution in [0, 0.1) is 0 Å². The topological polar surface area (TPSA) is 50.2 Å². The van der Waals surface area contributed by atoms with Gasteiger partial charge in [-0.25, -0.2) is 9.78 Å². The Bertz CT molecular complexity index is 744. The highest BCUT2D eigenvalue weighted by molar-refractivity contribution is 7.20. The van der Waals surface area contributed by atoms with Gasteiger partial charge in [-0.3, -0.25) is 0 Å². The predicted octanol–water partition coefficient (Wildman–Crippen LogP) is 4.95. The number of aromatic carboxylic acids is 1. The van der Waals surface area contributed by atoms with Crippen LogP contribution in [0.3, 0.4) is 0 Å². The van der Waals surface area contributed by atoms with E-state index in [2.05, 4.69) is 4.98 Å². The summed E-state index contributed by atoms with van der Waals surface area (Å²) in [4.78, 5) is 17.3. The molecule has 1 N–H and O–H groups in total. The van der Waals surface area contributed by atoms with E-state index in [0.717, 1.165) is 20.5 Å². The molecule has 19 heavy (non-hydrogen) atoms. The summed E-state index contributed by atoms with van der Waals surface area (Å²) >= 11 is 10.4. The molecule has 0 aromatic carbocycles. The molecule has 0 aliphatic rings. The van der Waals surface area contributed by atoms with E-state index < -0.39 is 5.97 Å². The lowest BCUT2D eigenvalue weighted by molar-refractivity contribution is 0.0697. The zero-order valence-corrected chi connectivity index (χ0v) is 12.5. The molecule has 7 heteroatoms. The van der Waals surface area contributed by atoms with Crippen molar-refractivity contribution in [2.75, 3.05) is 0 Å². The van der Waals surface area contributed by atoms with Crippen LogP contribution in [0.5, 0.6) is 0 Å². The zero-order valence-electron chi connectivity index (χ0n) is 9.29. The highest BCUT2D eigenvalue weighted by Gasteiger charge is 2.12. The fourth-order valence-corrected chi connectivity index (χ4v) is 4.40. The molecule has 3 rings (SSSR count). The fraction of sp³-hybridized carbons (Fsp3) is 0. The Morgan fingerprint density at radius 2 is 1.89 bits per heavy atom. The molecule has 0 aliphatic carbocycles. The molecule has 0 saturated heterocycles. The number of hydrogen-bond acceptors (Lipinski definition) is 5. The van der Waals surface area contributed by atoms with Crippen molar-refractivity contribution in [3.63, 3.8) is 0 Å². The van der Waals surface area contributed by atoms with Gasteiger partial charge in [0.15, 0.2) is 0 Å². The molecule has 0 fully saturated rings. The SMILES string of the molecule is O=C(O)c1csc(-c2csc(-c3cc(Cl)cs3)n2)c1. The molecule has 3 aromatic heterocycles. The maximum absolute atomic E-state index is 10.9.